The Bertz CT molecular complexity index is 905. The van der Waals surface area contributed by atoms with Crippen molar-refractivity contribution < 1.29 is 8.42 Å². The largest absolute Gasteiger partial charge is 0.323 e. The molecule has 0 aliphatic rings. The van der Waals surface area contributed by atoms with Crippen molar-refractivity contribution in [1.29, 1.82) is 0 Å². The summed E-state index contributed by atoms with van der Waals surface area (Å²) in [7, 11) is -3.21. The fourth-order valence-electron chi connectivity index (χ4n) is 1.76. The Morgan fingerprint density at radius 1 is 1.24 bits per heavy atom. The van der Waals surface area contributed by atoms with Gasteiger partial charge in [-0.25, -0.2) is 17.9 Å². The average Bonchev–Trinajstić information content (AvgIpc) is 2.82. The van der Waals surface area contributed by atoms with E-state index in [4.69, 9.17) is 11.6 Å². The van der Waals surface area contributed by atoms with Crippen molar-refractivity contribution in [2.24, 2.45) is 0 Å². The number of aromatic nitrogens is 4. The minimum absolute atomic E-state index is 0.253. The first-order valence-electron chi connectivity index (χ1n) is 5.87. The second-order valence-electron chi connectivity index (χ2n) is 4.34. The van der Waals surface area contributed by atoms with Gasteiger partial charge in [-0.3, -0.25) is 0 Å². The highest BCUT2D eigenvalue weighted by Crippen LogP contribution is 2.19. The van der Waals surface area contributed by atoms with E-state index in [0.717, 1.165) is 6.26 Å². The Morgan fingerprint density at radius 3 is 2.57 bits per heavy atom. The van der Waals surface area contributed by atoms with Gasteiger partial charge in [0, 0.05) is 24.3 Å². The zero-order valence-electron chi connectivity index (χ0n) is 10.9. The van der Waals surface area contributed by atoms with Crippen molar-refractivity contribution in [2.45, 2.75) is 4.90 Å². The van der Waals surface area contributed by atoms with Gasteiger partial charge in [0.15, 0.2) is 20.6 Å². The molecule has 108 valence electrons. The van der Waals surface area contributed by atoms with Crippen molar-refractivity contribution in [3.63, 3.8) is 0 Å². The molecule has 3 rings (SSSR count). The number of nitrogens with one attached hydrogen (secondary N) is 1. The van der Waals surface area contributed by atoms with Crippen LogP contribution in [0.3, 0.4) is 0 Å². The molecule has 2 heterocycles. The summed E-state index contributed by atoms with van der Waals surface area (Å²) in [6.07, 6.45) is 4.31. The van der Waals surface area contributed by atoms with Crippen molar-refractivity contribution in [3.8, 4) is 0 Å². The van der Waals surface area contributed by atoms with Crippen molar-refractivity contribution >= 4 is 38.7 Å². The van der Waals surface area contributed by atoms with Crippen LogP contribution in [0.25, 0.3) is 5.65 Å². The van der Waals surface area contributed by atoms with E-state index in [1.807, 2.05) is 0 Å². The zero-order valence-corrected chi connectivity index (χ0v) is 12.4. The first-order chi connectivity index (χ1) is 9.93. The molecular weight excluding hydrogens is 314 g/mol. The van der Waals surface area contributed by atoms with Crippen LogP contribution in [0.5, 0.6) is 0 Å². The predicted octanol–water partition coefficient (Wildman–Crippen LogP) is 1.92. The lowest BCUT2D eigenvalue weighted by molar-refractivity contribution is 0.602. The standard InChI is InChI=1S/C12H10ClN5O2S/c1-21(19,20)9-4-2-8(3-5-9)15-12-16-11-10(13)14-6-7-18(11)17-12/h2-7H,1H3,(H,15,17). The normalized spacial score (nSPS) is 11.7. The summed E-state index contributed by atoms with van der Waals surface area (Å²) >= 11 is 5.92. The highest BCUT2D eigenvalue weighted by Gasteiger charge is 2.09. The molecule has 0 amide bonds. The van der Waals surface area contributed by atoms with Crippen LogP contribution in [-0.4, -0.2) is 34.3 Å². The maximum atomic E-state index is 11.4. The number of hydrogen-bond acceptors (Lipinski definition) is 6. The number of nitrogens with zero attached hydrogens (tertiary/aromatic N) is 4. The number of sulfone groups is 1. The van der Waals surface area contributed by atoms with Gasteiger partial charge in [-0.15, -0.1) is 5.10 Å². The van der Waals surface area contributed by atoms with Gasteiger partial charge in [-0.1, -0.05) is 11.6 Å². The van der Waals surface area contributed by atoms with Crippen LogP contribution >= 0.6 is 11.6 Å². The van der Waals surface area contributed by atoms with Crippen LogP contribution in [0, 0.1) is 0 Å². The molecule has 0 bridgehead atoms. The van der Waals surface area contributed by atoms with Crippen LogP contribution in [-0.2, 0) is 9.84 Å². The minimum atomic E-state index is -3.21. The summed E-state index contributed by atoms with van der Waals surface area (Å²) in [6.45, 7) is 0. The Morgan fingerprint density at radius 2 is 1.95 bits per heavy atom. The van der Waals surface area contributed by atoms with Crippen LogP contribution in [0.1, 0.15) is 0 Å². The highest BCUT2D eigenvalue weighted by atomic mass is 35.5. The number of hydrogen-bond donors (Lipinski definition) is 1. The average molecular weight is 324 g/mol. The van der Waals surface area contributed by atoms with Crippen LogP contribution in [0.4, 0.5) is 11.6 Å². The minimum Gasteiger partial charge on any atom is -0.323 e. The van der Waals surface area contributed by atoms with E-state index in [1.54, 1.807) is 18.3 Å². The SMILES string of the molecule is CS(=O)(=O)c1ccc(Nc2nc3c(Cl)nccn3n2)cc1. The smallest absolute Gasteiger partial charge is 0.247 e. The van der Waals surface area contributed by atoms with E-state index in [0.29, 0.717) is 17.3 Å². The zero-order chi connectivity index (χ0) is 15.0. The van der Waals surface area contributed by atoms with Gasteiger partial charge in [0.1, 0.15) is 0 Å². The summed E-state index contributed by atoms with van der Waals surface area (Å²) in [4.78, 5) is 8.37. The van der Waals surface area contributed by atoms with Crippen molar-refractivity contribution in [2.75, 3.05) is 11.6 Å². The summed E-state index contributed by atoms with van der Waals surface area (Å²) in [6, 6.07) is 6.31. The maximum absolute atomic E-state index is 11.4. The third kappa shape index (κ3) is 2.81. The molecule has 7 nitrogen and oxygen atoms in total. The maximum Gasteiger partial charge on any atom is 0.247 e. The third-order valence-corrected chi connectivity index (χ3v) is 4.15. The Balaban J connectivity index is 1.90. The molecule has 0 spiro atoms. The first kappa shape index (κ1) is 13.8. The Labute approximate surface area is 125 Å². The fraction of sp³-hybridized carbons (Fsp3) is 0.0833. The van der Waals surface area contributed by atoms with Crippen LogP contribution < -0.4 is 5.32 Å². The number of benzene rings is 1. The van der Waals surface area contributed by atoms with Gasteiger partial charge in [-0.2, -0.15) is 4.98 Å². The molecule has 0 aliphatic heterocycles. The molecular formula is C12H10ClN5O2S. The molecule has 0 unspecified atom stereocenters. The molecule has 0 radical (unpaired) electrons. The van der Waals surface area contributed by atoms with Gasteiger partial charge in [0.2, 0.25) is 5.95 Å². The molecule has 0 fully saturated rings. The summed E-state index contributed by atoms with van der Waals surface area (Å²) < 4.78 is 24.3. The van der Waals surface area contributed by atoms with Crippen molar-refractivity contribution in [3.05, 3.63) is 41.8 Å². The summed E-state index contributed by atoms with van der Waals surface area (Å²) in [5.41, 5.74) is 1.11. The number of anilines is 2. The highest BCUT2D eigenvalue weighted by molar-refractivity contribution is 7.90. The second-order valence-corrected chi connectivity index (χ2v) is 6.72. The van der Waals surface area contributed by atoms with Crippen LogP contribution in [0.15, 0.2) is 41.6 Å². The lowest BCUT2D eigenvalue weighted by Gasteiger charge is -2.02. The molecule has 0 saturated carbocycles. The Kier molecular flexibility index (Phi) is 3.26. The molecule has 1 aromatic carbocycles. The molecule has 21 heavy (non-hydrogen) atoms. The lowest BCUT2D eigenvalue weighted by atomic mass is 10.3. The second kappa shape index (κ2) is 4.97. The third-order valence-electron chi connectivity index (χ3n) is 2.75. The molecule has 0 aliphatic carbocycles. The van der Waals surface area contributed by atoms with Gasteiger partial charge >= 0.3 is 0 Å². The number of rotatable bonds is 3. The van der Waals surface area contributed by atoms with E-state index >= 15 is 0 Å². The first-order valence-corrected chi connectivity index (χ1v) is 8.14. The summed E-state index contributed by atoms with van der Waals surface area (Å²) in [5.74, 6) is 0.344. The Hall–Kier alpha value is -2.19. The number of halogens is 1. The molecule has 0 saturated heterocycles. The van der Waals surface area contributed by atoms with Gasteiger partial charge < -0.3 is 5.32 Å². The van der Waals surface area contributed by atoms with E-state index < -0.39 is 9.84 Å². The topological polar surface area (TPSA) is 89.2 Å². The molecule has 9 heteroatoms. The van der Waals surface area contributed by atoms with E-state index in [-0.39, 0.29) is 10.0 Å². The predicted molar refractivity (Wildman–Crippen MR) is 78.6 cm³/mol. The van der Waals surface area contributed by atoms with E-state index in [2.05, 4.69) is 20.4 Å². The van der Waals surface area contributed by atoms with Gasteiger partial charge in [-0.05, 0) is 24.3 Å². The van der Waals surface area contributed by atoms with E-state index in [1.165, 1.54) is 22.8 Å². The fourth-order valence-corrected chi connectivity index (χ4v) is 2.57. The van der Waals surface area contributed by atoms with Gasteiger partial charge in [0.05, 0.1) is 4.90 Å². The van der Waals surface area contributed by atoms with Gasteiger partial charge in [0.25, 0.3) is 0 Å². The lowest BCUT2D eigenvalue weighted by Crippen LogP contribution is -1.98. The molecule has 3 aromatic rings. The summed E-state index contributed by atoms with van der Waals surface area (Å²) in [5, 5.41) is 7.42. The monoisotopic (exact) mass is 323 g/mol. The molecule has 0 atom stereocenters. The van der Waals surface area contributed by atoms with Crippen LogP contribution in [0.2, 0.25) is 5.15 Å². The van der Waals surface area contributed by atoms with E-state index in [9.17, 15) is 8.42 Å². The quantitative estimate of drug-likeness (QED) is 0.792. The van der Waals surface area contributed by atoms with Crippen molar-refractivity contribution in [1.82, 2.24) is 19.6 Å². The molecule has 2 aromatic heterocycles. The number of fused-ring (bicyclic) bond motifs is 1. The molecule has 1 N–H and O–H groups in total.